The highest BCUT2D eigenvalue weighted by molar-refractivity contribution is 5.92. The zero-order valence-corrected chi connectivity index (χ0v) is 10.5. The molecule has 0 unspecified atom stereocenters. The van der Waals surface area contributed by atoms with E-state index in [9.17, 15) is 9.59 Å². The van der Waals surface area contributed by atoms with Crippen LogP contribution in [0.25, 0.3) is 0 Å². The maximum Gasteiger partial charge on any atom is 0.304 e. The van der Waals surface area contributed by atoms with Gasteiger partial charge in [-0.2, -0.15) is 5.06 Å². The molecule has 0 spiro atoms. The van der Waals surface area contributed by atoms with Crippen LogP contribution in [0.3, 0.4) is 0 Å². The first-order valence-electron chi connectivity index (χ1n) is 6.39. The van der Waals surface area contributed by atoms with Crippen LogP contribution in [0.1, 0.15) is 31.2 Å². The molecule has 0 radical (unpaired) electrons. The number of carbonyl (C=O) groups is 2. The summed E-state index contributed by atoms with van der Waals surface area (Å²) in [7, 11) is 0. The van der Waals surface area contributed by atoms with Crippen molar-refractivity contribution in [2.45, 2.75) is 31.1 Å². The molecule has 0 atom stereocenters. The summed E-state index contributed by atoms with van der Waals surface area (Å²) < 4.78 is 0. The second-order valence-corrected chi connectivity index (χ2v) is 5.17. The standard InChI is InChI=1S/C14H15NO4/c16-12-4-7-19-15(12)11-3-1-2-10(8-11)14(5-6-14)9-13(17)18/h1-3,8H,4-7,9H2,(H,17,18). The Morgan fingerprint density at radius 2 is 2.21 bits per heavy atom. The van der Waals surface area contributed by atoms with Gasteiger partial charge >= 0.3 is 5.97 Å². The summed E-state index contributed by atoms with van der Waals surface area (Å²) in [6.45, 7) is 0.406. The van der Waals surface area contributed by atoms with Crippen molar-refractivity contribution < 1.29 is 19.5 Å². The van der Waals surface area contributed by atoms with Gasteiger partial charge < -0.3 is 5.11 Å². The molecule has 0 bridgehead atoms. The second kappa shape index (κ2) is 4.35. The molecule has 0 aromatic heterocycles. The SMILES string of the molecule is O=C(O)CC1(c2cccc(N3OCCC3=O)c2)CC1. The molecule has 1 aromatic rings. The van der Waals surface area contributed by atoms with Crippen molar-refractivity contribution in [2.75, 3.05) is 11.7 Å². The van der Waals surface area contributed by atoms with Crippen LogP contribution in [0, 0.1) is 0 Å². The molecule has 1 saturated carbocycles. The van der Waals surface area contributed by atoms with Crippen molar-refractivity contribution in [3.05, 3.63) is 29.8 Å². The third-order valence-corrected chi connectivity index (χ3v) is 3.80. The van der Waals surface area contributed by atoms with E-state index >= 15 is 0 Å². The fourth-order valence-corrected chi connectivity index (χ4v) is 2.59. The van der Waals surface area contributed by atoms with Crippen LogP contribution in [0.4, 0.5) is 5.69 Å². The Labute approximate surface area is 110 Å². The maximum atomic E-state index is 11.6. The summed E-state index contributed by atoms with van der Waals surface area (Å²) in [4.78, 5) is 27.9. The predicted octanol–water partition coefficient (Wildman–Crippen LogP) is 1.86. The minimum Gasteiger partial charge on any atom is -0.481 e. The molecule has 19 heavy (non-hydrogen) atoms. The highest BCUT2D eigenvalue weighted by atomic mass is 16.7. The van der Waals surface area contributed by atoms with Crippen molar-refractivity contribution in [3.8, 4) is 0 Å². The lowest BCUT2D eigenvalue weighted by molar-refractivity contribution is -0.137. The molecule has 100 valence electrons. The van der Waals surface area contributed by atoms with E-state index in [0.29, 0.717) is 18.7 Å². The molecular weight excluding hydrogens is 246 g/mol. The maximum absolute atomic E-state index is 11.6. The van der Waals surface area contributed by atoms with Crippen LogP contribution in [-0.2, 0) is 19.8 Å². The number of carbonyl (C=O) groups excluding carboxylic acids is 1. The number of carboxylic acids is 1. The molecular formula is C14H15NO4. The van der Waals surface area contributed by atoms with Crippen LogP contribution >= 0.6 is 0 Å². The Morgan fingerprint density at radius 1 is 1.42 bits per heavy atom. The first-order chi connectivity index (χ1) is 9.11. The summed E-state index contributed by atoms with van der Waals surface area (Å²) in [5.74, 6) is -0.836. The van der Waals surface area contributed by atoms with Crippen LogP contribution in [0.2, 0.25) is 0 Å². The molecule has 2 fully saturated rings. The van der Waals surface area contributed by atoms with Gasteiger partial charge in [0.1, 0.15) is 0 Å². The lowest BCUT2D eigenvalue weighted by Crippen LogP contribution is -2.23. The van der Waals surface area contributed by atoms with Crippen LogP contribution in [0.5, 0.6) is 0 Å². The monoisotopic (exact) mass is 261 g/mol. The van der Waals surface area contributed by atoms with Crippen molar-refractivity contribution in [1.29, 1.82) is 0 Å². The van der Waals surface area contributed by atoms with Crippen molar-refractivity contribution >= 4 is 17.6 Å². The van der Waals surface area contributed by atoms with Gasteiger partial charge in [0.05, 0.1) is 25.1 Å². The second-order valence-electron chi connectivity index (χ2n) is 5.17. The van der Waals surface area contributed by atoms with E-state index in [-0.39, 0.29) is 17.7 Å². The van der Waals surface area contributed by atoms with Gasteiger partial charge in [0.15, 0.2) is 0 Å². The predicted molar refractivity (Wildman–Crippen MR) is 67.7 cm³/mol. The number of nitrogens with zero attached hydrogens (tertiary/aromatic N) is 1. The summed E-state index contributed by atoms with van der Waals surface area (Å²) in [6.07, 6.45) is 2.31. The van der Waals surface area contributed by atoms with E-state index < -0.39 is 5.97 Å². The quantitative estimate of drug-likeness (QED) is 0.898. The molecule has 1 aliphatic carbocycles. The molecule has 1 saturated heterocycles. The number of hydrogen-bond donors (Lipinski definition) is 1. The molecule has 3 rings (SSSR count). The van der Waals surface area contributed by atoms with Gasteiger partial charge in [-0.05, 0) is 30.5 Å². The van der Waals surface area contributed by atoms with Gasteiger partial charge in [-0.1, -0.05) is 12.1 Å². The normalized spacial score (nSPS) is 20.6. The summed E-state index contributed by atoms with van der Waals surface area (Å²) in [5.41, 5.74) is 1.43. The average Bonchev–Trinajstić information content (AvgIpc) is 3.02. The topological polar surface area (TPSA) is 66.8 Å². The minimum absolute atomic E-state index is 0.0553. The third kappa shape index (κ3) is 2.21. The first kappa shape index (κ1) is 12.2. The van der Waals surface area contributed by atoms with E-state index in [4.69, 9.17) is 9.94 Å². The fraction of sp³-hybridized carbons (Fsp3) is 0.429. The summed E-state index contributed by atoms with van der Waals surface area (Å²) in [5, 5.41) is 10.3. The molecule has 1 heterocycles. The molecule has 1 amide bonds. The van der Waals surface area contributed by atoms with Gasteiger partial charge in [0.25, 0.3) is 5.91 Å². The van der Waals surface area contributed by atoms with Crippen LogP contribution in [0.15, 0.2) is 24.3 Å². The van der Waals surface area contributed by atoms with Gasteiger partial charge in [0.2, 0.25) is 0 Å². The zero-order valence-electron chi connectivity index (χ0n) is 10.5. The Bertz CT molecular complexity index is 536. The number of rotatable bonds is 4. The lowest BCUT2D eigenvalue weighted by Gasteiger charge is -2.18. The third-order valence-electron chi connectivity index (χ3n) is 3.80. The highest BCUT2D eigenvalue weighted by Crippen LogP contribution is 2.51. The lowest BCUT2D eigenvalue weighted by atomic mass is 9.92. The number of benzene rings is 1. The molecule has 2 aliphatic rings. The number of anilines is 1. The zero-order chi connectivity index (χ0) is 13.5. The van der Waals surface area contributed by atoms with Gasteiger partial charge in [-0.25, -0.2) is 0 Å². The van der Waals surface area contributed by atoms with Crippen molar-refractivity contribution in [3.63, 3.8) is 0 Å². The largest absolute Gasteiger partial charge is 0.481 e. The Balaban J connectivity index is 1.88. The Hall–Kier alpha value is -1.88. The van der Waals surface area contributed by atoms with Crippen molar-refractivity contribution in [1.82, 2.24) is 0 Å². The molecule has 1 N–H and O–H groups in total. The number of hydrogen-bond acceptors (Lipinski definition) is 3. The molecule has 5 nitrogen and oxygen atoms in total. The van der Waals surface area contributed by atoms with Crippen LogP contribution < -0.4 is 5.06 Å². The minimum atomic E-state index is -0.781. The van der Waals surface area contributed by atoms with E-state index in [1.54, 1.807) is 0 Å². The van der Waals surface area contributed by atoms with Crippen LogP contribution in [-0.4, -0.2) is 23.6 Å². The van der Waals surface area contributed by atoms with E-state index in [0.717, 1.165) is 18.4 Å². The molecule has 1 aliphatic heterocycles. The number of amides is 1. The number of hydroxylamine groups is 1. The van der Waals surface area contributed by atoms with E-state index in [2.05, 4.69) is 0 Å². The highest BCUT2D eigenvalue weighted by Gasteiger charge is 2.46. The molecule has 5 heteroatoms. The average molecular weight is 261 g/mol. The van der Waals surface area contributed by atoms with E-state index in [1.807, 2.05) is 24.3 Å². The van der Waals surface area contributed by atoms with Crippen molar-refractivity contribution in [2.24, 2.45) is 0 Å². The summed E-state index contributed by atoms with van der Waals surface area (Å²) in [6, 6.07) is 7.46. The van der Waals surface area contributed by atoms with Gasteiger partial charge in [0, 0.05) is 5.41 Å². The number of carboxylic acid groups (broad SMARTS) is 1. The number of aliphatic carboxylic acids is 1. The Morgan fingerprint density at radius 3 is 2.79 bits per heavy atom. The van der Waals surface area contributed by atoms with Gasteiger partial charge in [-0.3, -0.25) is 14.4 Å². The Kier molecular flexibility index (Phi) is 2.78. The fourth-order valence-electron chi connectivity index (χ4n) is 2.59. The van der Waals surface area contributed by atoms with E-state index in [1.165, 1.54) is 5.06 Å². The van der Waals surface area contributed by atoms with Gasteiger partial charge in [-0.15, -0.1) is 0 Å². The molecule has 1 aromatic carbocycles. The summed E-state index contributed by atoms with van der Waals surface area (Å²) >= 11 is 0. The smallest absolute Gasteiger partial charge is 0.304 e. The first-order valence-corrected chi connectivity index (χ1v) is 6.39.